The van der Waals surface area contributed by atoms with E-state index in [0.29, 0.717) is 19.6 Å². The molecule has 0 aliphatic carbocycles. The Morgan fingerprint density at radius 3 is 1.58 bits per heavy atom. The number of aliphatic hydroxyl groups is 1. The van der Waals surface area contributed by atoms with Gasteiger partial charge in [-0.1, -0.05) is 142 Å². The lowest BCUT2D eigenvalue weighted by Crippen LogP contribution is -2.23. The van der Waals surface area contributed by atoms with Crippen LogP contribution >= 0.6 is 0 Å². The first-order chi connectivity index (χ1) is 18.7. The molecule has 0 amide bonds. The normalized spacial score (nSPS) is 12.2. The summed E-state index contributed by atoms with van der Waals surface area (Å²) in [5.74, 6) is -0.0961. The van der Waals surface area contributed by atoms with E-state index in [0.717, 1.165) is 45.0 Å². The molecule has 226 valence electrons. The van der Waals surface area contributed by atoms with Crippen molar-refractivity contribution in [3.05, 3.63) is 0 Å². The quantitative estimate of drug-likeness (QED) is 0.0402. The lowest BCUT2D eigenvalue weighted by Gasteiger charge is -2.16. The van der Waals surface area contributed by atoms with E-state index in [1.54, 1.807) is 0 Å². The number of hydrogen-bond acceptors (Lipinski definition) is 5. The number of aliphatic hydroxyl groups excluding tert-OH is 1. The highest BCUT2D eigenvalue weighted by Gasteiger charge is 2.10. The monoisotopic (exact) mass is 540 g/mol. The second-order valence-electron chi connectivity index (χ2n) is 11.2. The number of carbonyl (C=O) groups is 1. The molecule has 0 heterocycles. The van der Waals surface area contributed by atoms with E-state index in [4.69, 9.17) is 19.3 Å². The maximum Gasteiger partial charge on any atom is 0.305 e. The van der Waals surface area contributed by atoms with Crippen molar-refractivity contribution < 1.29 is 24.1 Å². The third kappa shape index (κ3) is 30.0. The second kappa shape index (κ2) is 32.6. The van der Waals surface area contributed by atoms with Gasteiger partial charge >= 0.3 is 5.97 Å². The van der Waals surface area contributed by atoms with Gasteiger partial charge in [0.25, 0.3) is 0 Å². The zero-order chi connectivity index (χ0) is 27.8. The highest BCUT2D eigenvalue weighted by atomic mass is 16.7. The van der Waals surface area contributed by atoms with Crippen molar-refractivity contribution in [1.82, 2.24) is 0 Å². The molecule has 0 aliphatic heterocycles. The average Bonchev–Trinajstić information content (AvgIpc) is 2.93. The summed E-state index contributed by atoms with van der Waals surface area (Å²) in [6.45, 7) is 3.95. The first kappa shape index (κ1) is 37.4. The molecule has 0 aromatic heterocycles. The van der Waals surface area contributed by atoms with Gasteiger partial charge in [0.15, 0.2) is 0 Å². The summed E-state index contributed by atoms with van der Waals surface area (Å²) in [4.78, 5) is 12.0. The van der Waals surface area contributed by atoms with Crippen LogP contribution in [-0.2, 0) is 19.0 Å². The Bertz CT molecular complexity index is 463. The van der Waals surface area contributed by atoms with E-state index >= 15 is 0 Å². The standard InChI is InChI=1S/C32H65BO5/c1-2-3-4-5-6-7-8-9-10-13-16-19-22-25-32(35)37-29-31(28-33)38-30-36-27-24-21-18-15-12-11-14-17-20-23-26-34/h31,34H,2-30,33H2,1H3/t31-/m0/s1. The Balaban J connectivity index is 3.39. The summed E-state index contributed by atoms with van der Waals surface area (Å²) in [5, 5.41) is 8.77. The van der Waals surface area contributed by atoms with Crippen LogP contribution in [0.1, 0.15) is 161 Å². The summed E-state index contributed by atoms with van der Waals surface area (Å²) in [6.07, 6.45) is 30.5. The van der Waals surface area contributed by atoms with Crippen molar-refractivity contribution in [3.8, 4) is 0 Å². The Labute approximate surface area is 238 Å². The lowest BCUT2D eigenvalue weighted by molar-refractivity contribution is -0.152. The van der Waals surface area contributed by atoms with Gasteiger partial charge in [-0.15, -0.1) is 0 Å². The maximum atomic E-state index is 12.0. The van der Waals surface area contributed by atoms with Crippen LogP contribution in [0.4, 0.5) is 0 Å². The third-order valence-electron chi connectivity index (χ3n) is 7.45. The molecular weight excluding hydrogens is 475 g/mol. The molecule has 6 heteroatoms. The molecule has 0 aromatic carbocycles. The van der Waals surface area contributed by atoms with Crippen LogP contribution in [0.15, 0.2) is 0 Å². The molecule has 0 bridgehead atoms. The van der Waals surface area contributed by atoms with E-state index in [9.17, 15) is 4.79 Å². The van der Waals surface area contributed by atoms with Gasteiger partial charge in [-0.2, -0.15) is 0 Å². The summed E-state index contributed by atoms with van der Waals surface area (Å²) < 4.78 is 16.8. The van der Waals surface area contributed by atoms with E-state index in [1.807, 2.05) is 0 Å². The van der Waals surface area contributed by atoms with Gasteiger partial charge in [-0.05, 0) is 19.3 Å². The van der Waals surface area contributed by atoms with Gasteiger partial charge in [0.2, 0.25) is 0 Å². The van der Waals surface area contributed by atoms with Crippen LogP contribution in [0.5, 0.6) is 0 Å². The zero-order valence-corrected chi connectivity index (χ0v) is 25.7. The molecule has 0 saturated heterocycles. The number of unbranched alkanes of at least 4 members (excludes halogenated alkanes) is 21. The van der Waals surface area contributed by atoms with Crippen molar-refractivity contribution in [3.63, 3.8) is 0 Å². The van der Waals surface area contributed by atoms with Crippen LogP contribution < -0.4 is 0 Å². The summed E-state index contributed by atoms with van der Waals surface area (Å²) in [6, 6.07) is 0. The van der Waals surface area contributed by atoms with Crippen LogP contribution in [0.3, 0.4) is 0 Å². The zero-order valence-electron chi connectivity index (χ0n) is 25.7. The SMILES string of the molecule is BC[C@@H](COC(=O)CCCCCCCCCCCCCCC)OCOCCCCCCCCCCCCO. The van der Waals surface area contributed by atoms with Crippen molar-refractivity contribution >= 4 is 13.8 Å². The number of esters is 1. The maximum absolute atomic E-state index is 12.0. The Morgan fingerprint density at radius 2 is 1.11 bits per heavy atom. The molecule has 0 radical (unpaired) electrons. The highest BCUT2D eigenvalue weighted by Crippen LogP contribution is 2.14. The van der Waals surface area contributed by atoms with Crippen LogP contribution in [0.25, 0.3) is 0 Å². The van der Waals surface area contributed by atoms with Crippen LogP contribution in [0, 0.1) is 0 Å². The molecule has 0 aliphatic rings. The van der Waals surface area contributed by atoms with Crippen molar-refractivity contribution in [2.45, 2.75) is 173 Å². The van der Waals surface area contributed by atoms with E-state index < -0.39 is 0 Å². The molecule has 38 heavy (non-hydrogen) atoms. The molecule has 0 unspecified atom stereocenters. The smallest absolute Gasteiger partial charge is 0.305 e. The Hall–Kier alpha value is -0.585. The van der Waals surface area contributed by atoms with Gasteiger partial charge in [-0.25, -0.2) is 0 Å². The van der Waals surface area contributed by atoms with Gasteiger partial charge in [0.05, 0.1) is 6.10 Å². The van der Waals surface area contributed by atoms with Crippen molar-refractivity contribution in [1.29, 1.82) is 0 Å². The minimum atomic E-state index is -0.0961. The summed E-state index contributed by atoms with van der Waals surface area (Å²) in [7, 11) is 2.05. The molecule has 0 saturated carbocycles. The predicted octanol–water partition coefficient (Wildman–Crippen LogP) is 8.31. The summed E-state index contributed by atoms with van der Waals surface area (Å²) in [5.41, 5.74) is 0. The summed E-state index contributed by atoms with van der Waals surface area (Å²) >= 11 is 0. The fourth-order valence-corrected chi connectivity index (χ4v) is 4.76. The van der Waals surface area contributed by atoms with Gasteiger partial charge in [0.1, 0.15) is 21.2 Å². The van der Waals surface area contributed by atoms with E-state index in [1.165, 1.54) is 116 Å². The second-order valence-corrected chi connectivity index (χ2v) is 11.2. The molecule has 1 N–H and O–H groups in total. The number of ether oxygens (including phenoxy) is 3. The molecule has 0 spiro atoms. The van der Waals surface area contributed by atoms with Crippen LogP contribution in [-0.4, -0.2) is 51.6 Å². The Kier molecular flexibility index (Phi) is 32.1. The fraction of sp³-hybridized carbons (Fsp3) is 0.969. The van der Waals surface area contributed by atoms with E-state index in [2.05, 4.69) is 14.8 Å². The number of rotatable bonds is 32. The molecule has 0 rings (SSSR count). The number of carbonyl (C=O) groups excluding carboxylic acids is 1. The molecule has 0 aromatic rings. The van der Waals surface area contributed by atoms with Crippen LogP contribution in [0.2, 0.25) is 6.32 Å². The molecule has 5 nitrogen and oxygen atoms in total. The predicted molar refractivity (Wildman–Crippen MR) is 164 cm³/mol. The van der Waals surface area contributed by atoms with Gasteiger partial charge < -0.3 is 19.3 Å². The minimum Gasteiger partial charge on any atom is -0.463 e. The first-order valence-electron chi connectivity index (χ1n) is 16.7. The average molecular weight is 541 g/mol. The first-order valence-corrected chi connectivity index (χ1v) is 16.7. The molecule has 1 atom stereocenters. The highest BCUT2D eigenvalue weighted by molar-refractivity contribution is 6.08. The fourth-order valence-electron chi connectivity index (χ4n) is 4.76. The number of hydrogen-bond donors (Lipinski definition) is 1. The largest absolute Gasteiger partial charge is 0.463 e. The molecular formula is C32H65BO5. The minimum absolute atomic E-state index is 0.0806. The van der Waals surface area contributed by atoms with Gasteiger partial charge in [-0.3, -0.25) is 4.79 Å². The van der Waals surface area contributed by atoms with E-state index in [-0.39, 0.29) is 18.9 Å². The van der Waals surface area contributed by atoms with Gasteiger partial charge in [0, 0.05) is 19.6 Å². The third-order valence-corrected chi connectivity index (χ3v) is 7.45. The topological polar surface area (TPSA) is 65.0 Å². The molecule has 0 fully saturated rings. The lowest BCUT2D eigenvalue weighted by atomic mass is 10.00. The van der Waals surface area contributed by atoms with Crippen molar-refractivity contribution in [2.75, 3.05) is 26.6 Å². The Morgan fingerprint density at radius 1 is 0.658 bits per heavy atom. The van der Waals surface area contributed by atoms with Crippen molar-refractivity contribution in [2.24, 2.45) is 0 Å².